The molecule has 1 rings (SSSR count). The third-order valence-electron chi connectivity index (χ3n) is 4.95. The Morgan fingerprint density at radius 3 is 2.23 bits per heavy atom. The molecule has 6 nitrogen and oxygen atoms in total. The van der Waals surface area contributed by atoms with Crippen molar-refractivity contribution in [1.82, 2.24) is 5.32 Å². The number of benzene rings is 1. The summed E-state index contributed by atoms with van der Waals surface area (Å²) in [5.41, 5.74) is 1.33. The zero-order chi connectivity index (χ0) is 23.1. The van der Waals surface area contributed by atoms with Gasteiger partial charge in [0.25, 0.3) is 0 Å². The number of carbonyl (C=O) groups is 2. The smallest absolute Gasteiger partial charge is 0.408 e. The van der Waals surface area contributed by atoms with E-state index in [9.17, 15) is 9.59 Å². The largest absolute Gasteiger partial charge is 0.444 e. The van der Waals surface area contributed by atoms with Gasteiger partial charge in [-0.2, -0.15) is 0 Å². The van der Waals surface area contributed by atoms with Crippen molar-refractivity contribution in [3.05, 3.63) is 29.8 Å². The second-order valence-corrected chi connectivity index (χ2v) is 9.12. The van der Waals surface area contributed by atoms with Crippen molar-refractivity contribution in [3.8, 4) is 0 Å². The van der Waals surface area contributed by atoms with Crippen LogP contribution in [0.15, 0.2) is 24.3 Å². The lowest BCUT2D eigenvalue weighted by molar-refractivity contribution is -0.118. The molecule has 1 aromatic rings. The van der Waals surface area contributed by atoms with Crippen LogP contribution in [0.5, 0.6) is 0 Å². The van der Waals surface area contributed by atoms with E-state index in [4.69, 9.17) is 9.84 Å². The molecule has 176 valence electrons. The predicted molar refractivity (Wildman–Crippen MR) is 126 cm³/mol. The first-order valence-corrected chi connectivity index (χ1v) is 11.8. The molecule has 0 aliphatic rings. The molecule has 0 saturated carbocycles. The maximum atomic E-state index is 12.7. The van der Waals surface area contributed by atoms with Crippen LogP contribution in [0, 0.1) is 0 Å². The molecule has 0 aliphatic heterocycles. The lowest BCUT2D eigenvalue weighted by atomic mass is 10.0. The van der Waals surface area contributed by atoms with E-state index in [0.29, 0.717) is 24.9 Å². The summed E-state index contributed by atoms with van der Waals surface area (Å²) in [5.74, 6) is -0.285. The maximum absolute atomic E-state index is 12.7. The Morgan fingerprint density at radius 1 is 0.968 bits per heavy atom. The molecule has 3 N–H and O–H groups in total. The number of ether oxygens (including phenoxy) is 1. The molecule has 0 aromatic heterocycles. The highest BCUT2D eigenvalue weighted by Crippen LogP contribution is 2.15. The zero-order valence-corrected chi connectivity index (χ0v) is 19.8. The summed E-state index contributed by atoms with van der Waals surface area (Å²) >= 11 is 0. The number of anilines is 1. The summed E-state index contributed by atoms with van der Waals surface area (Å²) in [5, 5.41) is 14.6. The van der Waals surface area contributed by atoms with E-state index in [-0.39, 0.29) is 12.5 Å². The fourth-order valence-electron chi connectivity index (χ4n) is 3.27. The van der Waals surface area contributed by atoms with Gasteiger partial charge in [-0.15, -0.1) is 0 Å². The quantitative estimate of drug-likeness (QED) is 0.333. The third-order valence-corrected chi connectivity index (χ3v) is 4.95. The Balaban J connectivity index is 2.56. The van der Waals surface area contributed by atoms with Crippen molar-refractivity contribution in [2.75, 3.05) is 11.9 Å². The molecule has 0 fully saturated rings. The lowest BCUT2D eigenvalue weighted by Gasteiger charge is -2.23. The van der Waals surface area contributed by atoms with Crippen molar-refractivity contribution in [2.45, 2.75) is 104 Å². The second kappa shape index (κ2) is 14.8. The minimum atomic E-state index is -0.718. The molecule has 31 heavy (non-hydrogen) atoms. The zero-order valence-electron chi connectivity index (χ0n) is 19.8. The summed E-state index contributed by atoms with van der Waals surface area (Å²) in [6, 6.07) is 7.18. The summed E-state index contributed by atoms with van der Waals surface area (Å²) in [6.07, 6.45) is 9.70. The number of hydrogen-bond acceptors (Lipinski definition) is 4. The Labute approximate surface area is 188 Å². The van der Waals surface area contributed by atoms with E-state index in [0.717, 1.165) is 6.42 Å². The first-order valence-electron chi connectivity index (χ1n) is 11.8. The number of nitrogens with one attached hydrogen (secondary N) is 2. The van der Waals surface area contributed by atoms with Crippen molar-refractivity contribution in [3.63, 3.8) is 0 Å². The molecule has 2 amide bonds. The summed E-state index contributed by atoms with van der Waals surface area (Å²) in [4.78, 5) is 24.9. The molecule has 0 saturated heterocycles. The highest BCUT2D eigenvalue weighted by Gasteiger charge is 2.24. The fraction of sp³-hybridized carbons (Fsp3) is 0.680. The highest BCUT2D eigenvalue weighted by atomic mass is 16.6. The van der Waals surface area contributed by atoms with Gasteiger partial charge in [0.2, 0.25) is 5.91 Å². The van der Waals surface area contributed by atoms with Gasteiger partial charge in [0.15, 0.2) is 0 Å². The molecule has 0 aliphatic carbocycles. The van der Waals surface area contributed by atoms with E-state index >= 15 is 0 Å². The van der Waals surface area contributed by atoms with Crippen molar-refractivity contribution in [2.24, 2.45) is 0 Å². The van der Waals surface area contributed by atoms with Gasteiger partial charge in [-0.25, -0.2) is 4.79 Å². The Morgan fingerprint density at radius 2 is 1.61 bits per heavy atom. The summed E-state index contributed by atoms with van der Waals surface area (Å²) < 4.78 is 5.28. The van der Waals surface area contributed by atoms with Crippen LogP contribution in [0.4, 0.5) is 10.5 Å². The monoisotopic (exact) mass is 434 g/mol. The molecule has 6 heteroatoms. The molecule has 0 radical (unpaired) electrons. The van der Waals surface area contributed by atoms with E-state index in [1.165, 1.54) is 44.1 Å². The van der Waals surface area contributed by atoms with E-state index in [1.54, 1.807) is 20.8 Å². The molecule has 0 heterocycles. The highest BCUT2D eigenvalue weighted by molar-refractivity contribution is 5.96. The number of amides is 2. The van der Waals surface area contributed by atoms with Crippen LogP contribution in [0.1, 0.15) is 91.0 Å². The third kappa shape index (κ3) is 13.0. The van der Waals surface area contributed by atoms with Crippen LogP contribution in [0.2, 0.25) is 0 Å². The van der Waals surface area contributed by atoms with Gasteiger partial charge in [0, 0.05) is 12.3 Å². The molecule has 1 aromatic carbocycles. The first-order chi connectivity index (χ1) is 14.7. The Hall–Kier alpha value is -2.08. The van der Waals surface area contributed by atoms with Crippen molar-refractivity contribution < 1.29 is 19.4 Å². The topological polar surface area (TPSA) is 87.7 Å². The minimum Gasteiger partial charge on any atom is -0.444 e. The molecular weight excluding hydrogens is 392 g/mol. The second-order valence-electron chi connectivity index (χ2n) is 9.12. The first kappa shape index (κ1) is 27.0. The van der Waals surface area contributed by atoms with Gasteiger partial charge in [0.1, 0.15) is 11.6 Å². The number of carbonyl (C=O) groups excluding carboxylic acids is 2. The number of unbranched alkanes of at least 4 members (excludes halogenated alkanes) is 6. The number of aliphatic hydroxyl groups is 1. The molecule has 1 unspecified atom stereocenters. The van der Waals surface area contributed by atoms with E-state index in [2.05, 4.69) is 17.6 Å². The molecule has 0 spiro atoms. The van der Waals surface area contributed by atoms with Gasteiger partial charge in [-0.3, -0.25) is 4.79 Å². The van der Waals surface area contributed by atoms with Gasteiger partial charge < -0.3 is 20.5 Å². The molecule has 0 bridgehead atoms. The average Bonchev–Trinajstić information content (AvgIpc) is 2.70. The number of alkyl carbamates (subject to hydrolysis) is 1. The van der Waals surface area contributed by atoms with E-state index < -0.39 is 17.7 Å². The number of hydrogen-bond donors (Lipinski definition) is 3. The lowest BCUT2D eigenvalue weighted by Crippen LogP contribution is -2.45. The average molecular weight is 435 g/mol. The van der Waals surface area contributed by atoms with Crippen molar-refractivity contribution >= 4 is 17.7 Å². The predicted octanol–water partition coefficient (Wildman–Crippen LogP) is 5.58. The summed E-state index contributed by atoms with van der Waals surface area (Å²) in [6.45, 7) is 7.62. The van der Waals surface area contributed by atoms with Gasteiger partial charge in [-0.05, 0) is 70.6 Å². The standard InChI is InChI=1S/C25H42N2O4/c1-5-6-7-8-9-10-13-20-15-17-21(18-16-20)26-23(29)22(14-11-12-19-28)27-24(30)31-25(2,3)4/h15-18,22,28H,5-14,19H2,1-4H3,(H,26,29)(H,27,30). The van der Waals surface area contributed by atoms with Gasteiger partial charge >= 0.3 is 6.09 Å². The normalized spacial score (nSPS) is 12.3. The Bertz CT molecular complexity index is 638. The molecular formula is C25H42N2O4. The number of aliphatic hydroxyl groups excluding tert-OH is 1. The van der Waals surface area contributed by atoms with Crippen LogP contribution < -0.4 is 10.6 Å². The van der Waals surface area contributed by atoms with Crippen LogP contribution in [-0.4, -0.2) is 35.4 Å². The number of rotatable bonds is 14. The fourth-order valence-corrected chi connectivity index (χ4v) is 3.27. The Kier molecular flexibility index (Phi) is 12.9. The minimum absolute atomic E-state index is 0.0564. The van der Waals surface area contributed by atoms with Crippen molar-refractivity contribution in [1.29, 1.82) is 0 Å². The molecule has 1 atom stereocenters. The number of aryl methyl sites for hydroxylation is 1. The van der Waals surface area contributed by atoms with Gasteiger partial charge in [-0.1, -0.05) is 51.2 Å². The van der Waals surface area contributed by atoms with E-state index in [1.807, 2.05) is 24.3 Å². The van der Waals surface area contributed by atoms with Crippen LogP contribution in [-0.2, 0) is 16.0 Å². The van der Waals surface area contributed by atoms with Crippen LogP contribution in [0.25, 0.3) is 0 Å². The van der Waals surface area contributed by atoms with Gasteiger partial charge in [0.05, 0.1) is 0 Å². The van der Waals surface area contributed by atoms with Crippen LogP contribution >= 0.6 is 0 Å². The van der Waals surface area contributed by atoms with Crippen LogP contribution in [0.3, 0.4) is 0 Å². The maximum Gasteiger partial charge on any atom is 0.408 e. The SMILES string of the molecule is CCCCCCCCc1ccc(NC(=O)C(CCCCO)NC(=O)OC(C)(C)C)cc1. The summed E-state index contributed by atoms with van der Waals surface area (Å²) in [7, 11) is 0.